The summed E-state index contributed by atoms with van der Waals surface area (Å²) in [6.07, 6.45) is 6.87. The second-order valence-electron chi connectivity index (χ2n) is 8.94. The molecule has 1 aliphatic heterocycles. The van der Waals surface area contributed by atoms with Crippen LogP contribution in [0.15, 0.2) is 36.8 Å². The fourth-order valence-electron chi connectivity index (χ4n) is 4.27. The van der Waals surface area contributed by atoms with Crippen molar-refractivity contribution in [1.29, 1.82) is 5.26 Å². The Hall–Kier alpha value is -3.64. The van der Waals surface area contributed by atoms with Gasteiger partial charge in [-0.05, 0) is 58.9 Å². The minimum atomic E-state index is -0.223. The number of likely N-dealkylation sites (N-methyl/N-ethyl adjacent to an activating group) is 1. The van der Waals surface area contributed by atoms with Gasteiger partial charge in [0.15, 0.2) is 0 Å². The smallest absolute Gasteiger partial charge is 0.237 e. The Labute approximate surface area is 199 Å². The van der Waals surface area contributed by atoms with E-state index in [2.05, 4.69) is 33.6 Å². The summed E-state index contributed by atoms with van der Waals surface area (Å²) in [6, 6.07) is 7.96. The Morgan fingerprint density at radius 3 is 2.71 bits per heavy atom. The first-order valence-electron chi connectivity index (χ1n) is 11.6. The predicted molar refractivity (Wildman–Crippen MR) is 131 cm³/mol. The molecule has 4 rings (SSSR count). The normalized spacial score (nSPS) is 16.1. The maximum absolute atomic E-state index is 12.3. The van der Waals surface area contributed by atoms with Gasteiger partial charge in [-0.3, -0.25) is 4.79 Å². The number of anilines is 1. The quantitative estimate of drug-likeness (QED) is 0.557. The lowest BCUT2D eigenvalue weighted by molar-refractivity contribution is -0.124. The van der Waals surface area contributed by atoms with Gasteiger partial charge in [-0.15, -0.1) is 0 Å². The fourth-order valence-corrected chi connectivity index (χ4v) is 4.27. The molecule has 0 saturated carbocycles. The summed E-state index contributed by atoms with van der Waals surface area (Å²) in [7, 11) is 1.79. The Morgan fingerprint density at radius 2 is 2.09 bits per heavy atom. The maximum Gasteiger partial charge on any atom is 0.237 e. The van der Waals surface area contributed by atoms with Crippen molar-refractivity contribution >= 4 is 17.2 Å². The zero-order valence-corrected chi connectivity index (χ0v) is 20.1. The third-order valence-corrected chi connectivity index (χ3v) is 6.52. The Balaban J connectivity index is 1.53. The lowest BCUT2D eigenvalue weighted by atomic mass is 9.89. The molecule has 2 N–H and O–H groups in total. The van der Waals surface area contributed by atoms with E-state index in [4.69, 9.17) is 9.72 Å². The monoisotopic (exact) mass is 461 g/mol. The molecule has 1 saturated heterocycles. The first-order valence-corrected chi connectivity index (χ1v) is 11.6. The summed E-state index contributed by atoms with van der Waals surface area (Å²) < 4.78 is 7.38. The van der Waals surface area contributed by atoms with Crippen molar-refractivity contribution in [3.8, 4) is 22.9 Å². The molecular formula is C25H31N7O2. The summed E-state index contributed by atoms with van der Waals surface area (Å²) in [5.74, 6) is 1.61. The van der Waals surface area contributed by atoms with Gasteiger partial charge in [0, 0.05) is 36.0 Å². The number of nitrogens with one attached hydrogen (secondary N) is 2. The summed E-state index contributed by atoms with van der Waals surface area (Å²) in [5.41, 5.74) is 2.77. The van der Waals surface area contributed by atoms with E-state index in [9.17, 15) is 10.1 Å². The molecule has 0 spiro atoms. The minimum absolute atomic E-state index is 0.0261. The number of carbonyl (C=O) groups is 1. The van der Waals surface area contributed by atoms with Gasteiger partial charge in [0.05, 0.1) is 36.1 Å². The minimum Gasteiger partial charge on any atom is -0.492 e. The third-order valence-electron chi connectivity index (χ3n) is 6.52. The number of hydrogen-bond acceptors (Lipinski definition) is 7. The molecule has 1 fully saturated rings. The molecule has 1 amide bonds. The molecule has 0 aliphatic carbocycles. The van der Waals surface area contributed by atoms with Crippen LogP contribution in [0.25, 0.3) is 16.6 Å². The number of ether oxygens (including phenoxy) is 1. The molecule has 9 heteroatoms. The van der Waals surface area contributed by atoms with Gasteiger partial charge in [0.2, 0.25) is 5.91 Å². The number of hydrogen-bond donors (Lipinski definition) is 2. The van der Waals surface area contributed by atoms with E-state index < -0.39 is 0 Å². The molecule has 3 aromatic rings. The highest BCUT2D eigenvalue weighted by Gasteiger charge is 2.32. The number of piperidine rings is 1. The Morgan fingerprint density at radius 1 is 1.32 bits per heavy atom. The van der Waals surface area contributed by atoms with Crippen LogP contribution in [0, 0.1) is 11.3 Å². The number of nitrogens with zero attached hydrogens (tertiary/aromatic N) is 5. The second kappa shape index (κ2) is 9.69. The molecule has 4 heterocycles. The van der Waals surface area contributed by atoms with Gasteiger partial charge in [-0.2, -0.15) is 10.4 Å². The highest BCUT2D eigenvalue weighted by Crippen LogP contribution is 2.32. The molecular weight excluding hydrogens is 430 g/mol. The number of nitriles is 1. The van der Waals surface area contributed by atoms with Gasteiger partial charge in [0.25, 0.3) is 0 Å². The van der Waals surface area contributed by atoms with Crippen molar-refractivity contribution in [2.75, 3.05) is 31.6 Å². The molecule has 3 aromatic heterocycles. The molecule has 0 aromatic carbocycles. The van der Waals surface area contributed by atoms with Crippen LogP contribution in [0.5, 0.6) is 5.75 Å². The van der Waals surface area contributed by atoms with Crippen molar-refractivity contribution in [2.45, 2.75) is 45.2 Å². The summed E-state index contributed by atoms with van der Waals surface area (Å²) >= 11 is 0. The van der Waals surface area contributed by atoms with Gasteiger partial charge in [0.1, 0.15) is 17.6 Å². The van der Waals surface area contributed by atoms with Crippen LogP contribution in [-0.4, -0.2) is 58.8 Å². The average Bonchev–Trinajstić information content (AvgIpc) is 3.27. The molecule has 1 unspecified atom stereocenters. The van der Waals surface area contributed by atoms with Crippen molar-refractivity contribution in [3.63, 3.8) is 0 Å². The number of amides is 1. The van der Waals surface area contributed by atoms with Gasteiger partial charge < -0.3 is 20.3 Å². The van der Waals surface area contributed by atoms with Crippen LogP contribution in [-0.2, 0) is 4.79 Å². The maximum atomic E-state index is 12.3. The lowest BCUT2D eigenvalue weighted by Gasteiger charge is -2.41. The van der Waals surface area contributed by atoms with E-state index >= 15 is 0 Å². The van der Waals surface area contributed by atoms with Gasteiger partial charge in [-0.1, -0.05) is 0 Å². The van der Waals surface area contributed by atoms with Crippen LogP contribution < -0.4 is 20.3 Å². The highest BCUT2D eigenvalue weighted by molar-refractivity contribution is 5.85. The number of fused-ring (bicyclic) bond motifs is 1. The zero-order chi connectivity index (χ0) is 24.3. The number of carbonyl (C=O) groups excluding carboxylic acids is 1. The Bertz CT molecular complexity index is 1200. The van der Waals surface area contributed by atoms with Crippen LogP contribution in [0.4, 0.5) is 5.82 Å². The number of rotatable bonds is 7. The van der Waals surface area contributed by atoms with E-state index in [0.717, 1.165) is 48.4 Å². The van der Waals surface area contributed by atoms with E-state index in [-0.39, 0.29) is 17.5 Å². The topological polar surface area (TPSA) is 108 Å². The second-order valence-corrected chi connectivity index (χ2v) is 8.94. The van der Waals surface area contributed by atoms with E-state index in [1.165, 1.54) is 0 Å². The van der Waals surface area contributed by atoms with E-state index in [1.54, 1.807) is 24.0 Å². The van der Waals surface area contributed by atoms with Crippen molar-refractivity contribution in [3.05, 3.63) is 42.4 Å². The largest absolute Gasteiger partial charge is 0.492 e. The summed E-state index contributed by atoms with van der Waals surface area (Å²) in [6.45, 7) is 8.05. The SMILES string of the molecule is CCOc1cc(-c2ccc(N3CCC(C)(NC(=O)C(C)NC)CC3)nc2)c2c(C#N)cnn2c1. The van der Waals surface area contributed by atoms with E-state index in [1.807, 2.05) is 38.2 Å². The predicted octanol–water partition coefficient (Wildman–Crippen LogP) is 2.75. The van der Waals surface area contributed by atoms with Gasteiger partial charge >= 0.3 is 0 Å². The van der Waals surface area contributed by atoms with Crippen molar-refractivity contribution in [2.24, 2.45) is 0 Å². The average molecular weight is 462 g/mol. The van der Waals surface area contributed by atoms with Crippen molar-refractivity contribution < 1.29 is 9.53 Å². The van der Waals surface area contributed by atoms with E-state index in [0.29, 0.717) is 17.9 Å². The lowest BCUT2D eigenvalue weighted by Crippen LogP contribution is -2.56. The van der Waals surface area contributed by atoms with Crippen LogP contribution in [0.2, 0.25) is 0 Å². The van der Waals surface area contributed by atoms with Crippen molar-refractivity contribution in [1.82, 2.24) is 25.2 Å². The van der Waals surface area contributed by atoms with Gasteiger partial charge in [-0.25, -0.2) is 9.50 Å². The van der Waals surface area contributed by atoms with Crippen LogP contribution >= 0.6 is 0 Å². The summed E-state index contributed by atoms with van der Waals surface area (Å²) in [5, 5.41) is 20.0. The summed E-state index contributed by atoms with van der Waals surface area (Å²) in [4.78, 5) is 19.3. The highest BCUT2D eigenvalue weighted by atomic mass is 16.5. The van der Waals surface area contributed by atoms with Crippen LogP contribution in [0.3, 0.4) is 0 Å². The number of aromatic nitrogens is 3. The third kappa shape index (κ3) is 4.68. The standard InChI is InChI=1S/C25H31N7O2/c1-5-34-20-12-21(23-19(13-26)15-29-32(23)16-20)18-6-7-22(28-14-18)31-10-8-25(3,9-11-31)30-24(33)17(2)27-4/h6-7,12,14-17,27H,5,8-11H2,1-4H3,(H,30,33). The zero-order valence-electron chi connectivity index (χ0n) is 20.1. The first kappa shape index (κ1) is 23.5. The molecule has 1 atom stereocenters. The molecule has 178 valence electrons. The Kier molecular flexibility index (Phi) is 6.70. The molecule has 0 bridgehead atoms. The number of pyridine rings is 2. The fraction of sp³-hybridized carbons (Fsp3) is 0.440. The molecule has 9 nitrogen and oxygen atoms in total. The first-order chi connectivity index (χ1) is 16.4. The molecule has 1 aliphatic rings. The van der Waals surface area contributed by atoms with Crippen LogP contribution in [0.1, 0.15) is 39.2 Å². The molecule has 0 radical (unpaired) electrons. The molecule has 34 heavy (non-hydrogen) atoms.